The summed E-state index contributed by atoms with van der Waals surface area (Å²) in [6.07, 6.45) is 0. The molecule has 0 aliphatic carbocycles. The normalized spacial score (nSPS) is 10.3. The second-order valence-corrected chi connectivity index (χ2v) is 5.89. The minimum absolute atomic E-state index is 0.183. The van der Waals surface area contributed by atoms with E-state index in [0.29, 0.717) is 26.9 Å². The van der Waals surface area contributed by atoms with Gasteiger partial charge in [0.1, 0.15) is 5.75 Å². The number of rotatable bonds is 3. The van der Waals surface area contributed by atoms with Crippen LogP contribution in [-0.2, 0) is 0 Å². The molecule has 98 valence electrons. The maximum atomic E-state index is 12.5. The van der Waals surface area contributed by atoms with Gasteiger partial charge in [-0.25, -0.2) is 0 Å². The molecule has 0 saturated carbocycles. The van der Waals surface area contributed by atoms with E-state index in [1.54, 1.807) is 30.3 Å². The Morgan fingerprint density at radius 3 is 2.47 bits per heavy atom. The lowest BCUT2D eigenvalue weighted by Crippen LogP contribution is -2.05. The first-order valence-corrected chi connectivity index (χ1v) is 7.19. The molecule has 2 aromatic carbocycles. The molecule has 0 aliphatic rings. The largest absolute Gasteiger partial charge is 0.496 e. The molecule has 2 nitrogen and oxygen atoms in total. The predicted octanol–water partition coefficient (Wildman–Crippen LogP) is 4.84. The maximum Gasteiger partial charge on any atom is 0.198 e. The molecule has 0 bridgehead atoms. The van der Waals surface area contributed by atoms with Gasteiger partial charge in [0, 0.05) is 14.2 Å². The summed E-state index contributed by atoms with van der Waals surface area (Å²) >= 11 is 14.0. The van der Waals surface area contributed by atoms with Crippen LogP contribution in [-0.4, -0.2) is 12.9 Å². The van der Waals surface area contributed by atoms with Crippen molar-refractivity contribution in [2.75, 3.05) is 7.11 Å². The predicted molar refractivity (Wildman–Crippen MR) is 85.6 cm³/mol. The quantitative estimate of drug-likeness (QED) is 0.538. The molecule has 0 spiro atoms. The van der Waals surface area contributed by atoms with Crippen molar-refractivity contribution in [1.29, 1.82) is 0 Å². The maximum absolute atomic E-state index is 12.5. The molecule has 5 heteroatoms. The molecule has 0 aliphatic heterocycles. The molecule has 0 fully saturated rings. The minimum Gasteiger partial charge on any atom is -0.496 e. The standard InChI is InChI=1S/C14H9Cl2IO2/c1-19-13-5-3-9(17)7-11(13)14(18)10-4-2-8(15)6-12(10)16/h2-7H,1H3. The van der Waals surface area contributed by atoms with Gasteiger partial charge in [-0.3, -0.25) is 4.79 Å². The molecule has 0 atom stereocenters. The van der Waals surface area contributed by atoms with Gasteiger partial charge in [0.05, 0.1) is 17.7 Å². The molecule has 19 heavy (non-hydrogen) atoms. The summed E-state index contributed by atoms with van der Waals surface area (Å²) in [6, 6.07) is 10.2. The van der Waals surface area contributed by atoms with Crippen LogP contribution in [0.3, 0.4) is 0 Å². The van der Waals surface area contributed by atoms with Crippen molar-refractivity contribution in [3.63, 3.8) is 0 Å². The fourth-order valence-corrected chi connectivity index (χ4v) is 2.66. The Morgan fingerprint density at radius 1 is 1.11 bits per heavy atom. The first kappa shape index (κ1) is 14.6. The van der Waals surface area contributed by atoms with E-state index in [4.69, 9.17) is 27.9 Å². The topological polar surface area (TPSA) is 26.3 Å². The highest BCUT2D eigenvalue weighted by Gasteiger charge is 2.17. The number of ether oxygens (including phenoxy) is 1. The van der Waals surface area contributed by atoms with Gasteiger partial charge in [-0.05, 0) is 59.0 Å². The first-order chi connectivity index (χ1) is 9.02. The van der Waals surface area contributed by atoms with E-state index >= 15 is 0 Å². The lowest BCUT2D eigenvalue weighted by molar-refractivity contribution is 0.103. The molecular weight excluding hydrogens is 398 g/mol. The summed E-state index contributed by atoms with van der Waals surface area (Å²) in [6.45, 7) is 0. The first-order valence-electron chi connectivity index (χ1n) is 5.36. The number of ketones is 1. The van der Waals surface area contributed by atoms with Gasteiger partial charge in [-0.1, -0.05) is 23.2 Å². The molecule has 0 heterocycles. The van der Waals surface area contributed by atoms with Gasteiger partial charge in [0.25, 0.3) is 0 Å². The number of methoxy groups -OCH3 is 1. The van der Waals surface area contributed by atoms with Crippen molar-refractivity contribution >= 4 is 51.6 Å². The fraction of sp³-hybridized carbons (Fsp3) is 0.0714. The molecular formula is C14H9Cl2IO2. The molecule has 0 amide bonds. The van der Waals surface area contributed by atoms with E-state index in [1.807, 2.05) is 6.07 Å². The molecule has 0 unspecified atom stereocenters. The van der Waals surface area contributed by atoms with Crippen molar-refractivity contribution in [2.24, 2.45) is 0 Å². The minimum atomic E-state index is -0.183. The van der Waals surface area contributed by atoms with E-state index in [-0.39, 0.29) is 5.78 Å². The SMILES string of the molecule is COc1ccc(I)cc1C(=O)c1ccc(Cl)cc1Cl. The lowest BCUT2D eigenvalue weighted by Gasteiger charge is -2.09. The van der Waals surface area contributed by atoms with Gasteiger partial charge >= 0.3 is 0 Å². The number of hydrogen-bond acceptors (Lipinski definition) is 2. The monoisotopic (exact) mass is 406 g/mol. The van der Waals surface area contributed by atoms with Crippen LogP contribution in [0, 0.1) is 3.57 Å². The third-order valence-corrected chi connectivity index (χ3v) is 3.80. The van der Waals surface area contributed by atoms with Crippen LogP contribution in [0.25, 0.3) is 0 Å². The Balaban J connectivity index is 2.52. The van der Waals surface area contributed by atoms with Crippen LogP contribution in [0.1, 0.15) is 15.9 Å². The molecule has 0 radical (unpaired) electrons. The third-order valence-electron chi connectivity index (χ3n) is 2.58. The Morgan fingerprint density at radius 2 is 1.84 bits per heavy atom. The van der Waals surface area contributed by atoms with Gasteiger partial charge in [0.15, 0.2) is 5.78 Å². The average Bonchev–Trinajstić information content (AvgIpc) is 2.38. The second-order valence-electron chi connectivity index (χ2n) is 3.80. The fourth-order valence-electron chi connectivity index (χ4n) is 1.68. The van der Waals surface area contributed by atoms with Gasteiger partial charge in [-0.2, -0.15) is 0 Å². The third kappa shape index (κ3) is 3.22. The molecule has 0 aromatic heterocycles. The highest BCUT2D eigenvalue weighted by Crippen LogP contribution is 2.28. The van der Waals surface area contributed by atoms with Crippen LogP contribution >= 0.6 is 45.8 Å². The Hall–Kier alpha value is -0.780. The van der Waals surface area contributed by atoms with Crippen LogP contribution in [0.2, 0.25) is 10.0 Å². The summed E-state index contributed by atoms with van der Waals surface area (Å²) in [5.74, 6) is 0.341. The van der Waals surface area contributed by atoms with E-state index < -0.39 is 0 Å². The van der Waals surface area contributed by atoms with Crippen molar-refractivity contribution in [3.8, 4) is 5.75 Å². The average molecular weight is 407 g/mol. The molecule has 0 N–H and O–H groups in total. The van der Waals surface area contributed by atoms with Crippen molar-refractivity contribution < 1.29 is 9.53 Å². The van der Waals surface area contributed by atoms with Crippen LogP contribution in [0.15, 0.2) is 36.4 Å². The summed E-state index contributed by atoms with van der Waals surface area (Å²) in [4.78, 5) is 12.5. The van der Waals surface area contributed by atoms with E-state index in [2.05, 4.69) is 22.6 Å². The smallest absolute Gasteiger partial charge is 0.198 e. The number of hydrogen-bond donors (Lipinski definition) is 0. The van der Waals surface area contributed by atoms with Gasteiger partial charge in [0.2, 0.25) is 0 Å². The molecule has 2 aromatic rings. The van der Waals surface area contributed by atoms with E-state index in [1.165, 1.54) is 7.11 Å². The zero-order chi connectivity index (χ0) is 14.0. The highest BCUT2D eigenvalue weighted by molar-refractivity contribution is 14.1. The van der Waals surface area contributed by atoms with E-state index in [0.717, 1.165) is 3.57 Å². The van der Waals surface area contributed by atoms with Crippen molar-refractivity contribution in [2.45, 2.75) is 0 Å². The van der Waals surface area contributed by atoms with Crippen molar-refractivity contribution in [1.82, 2.24) is 0 Å². The lowest BCUT2D eigenvalue weighted by atomic mass is 10.0. The van der Waals surface area contributed by atoms with Crippen LogP contribution in [0.5, 0.6) is 5.75 Å². The summed E-state index contributed by atoms with van der Waals surface area (Å²) in [7, 11) is 1.53. The van der Waals surface area contributed by atoms with Gasteiger partial charge in [-0.15, -0.1) is 0 Å². The van der Waals surface area contributed by atoms with Gasteiger partial charge < -0.3 is 4.74 Å². The Kier molecular flexibility index (Phi) is 4.71. The Bertz CT molecular complexity index is 641. The highest BCUT2D eigenvalue weighted by atomic mass is 127. The molecule has 2 rings (SSSR count). The zero-order valence-electron chi connectivity index (χ0n) is 9.91. The van der Waals surface area contributed by atoms with Crippen LogP contribution < -0.4 is 4.74 Å². The Labute approximate surface area is 134 Å². The summed E-state index contributed by atoms with van der Waals surface area (Å²) < 4.78 is 6.16. The number of carbonyl (C=O) groups is 1. The summed E-state index contributed by atoms with van der Waals surface area (Å²) in [5, 5.41) is 0.828. The van der Waals surface area contributed by atoms with Crippen LogP contribution in [0.4, 0.5) is 0 Å². The zero-order valence-corrected chi connectivity index (χ0v) is 13.6. The number of halogens is 3. The number of benzene rings is 2. The van der Waals surface area contributed by atoms with Crippen molar-refractivity contribution in [3.05, 3.63) is 61.1 Å². The summed E-state index contributed by atoms with van der Waals surface area (Å²) in [5.41, 5.74) is 0.894. The number of carbonyl (C=O) groups excluding carboxylic acids is 1. The molecule has 0 saturated heterocycles. The van der Waals surface area contributed by atoms with E-state index in [9.17, 15) is 4.79 Å². The second kappa shape index (κ2) is 6.11.